The molecule has 0 radical (unpaired) electrons. The van der Waals surface area contributed by atoms with Gasteiger partial charge in [0.25, 0.3) is 0 Å². The average molecular weight is 355 g/mol. The van der Waals surface area contributed by atoms with Crippen LogP contribution < -0.4 is 5.32 Å². The predicted molar refractivity (Wildman–Crippen MR) is 99.6 cm³/mol. The zero-order chi connectivity index (χ0) is 18.8. The van der Waals surface area contributed by atoms with Gasteiger partial charge in [0.15, 0.2) is 0 Å². The summed E-state index contributed by atoms with van der Waals surface area (Å²) in [5.74, 6) is -0.229. The molecule has 0 aliphatic heterocycles. The Morgan fingerprint density at radius 1 is 1.12 bits per heavy atom. The largest absolute Gasteiger partial charge is 0.469 e. The summed E-state index contributed by atoms with van der Waals surface area (Å²) in [5.41, 5.74) is 1.80. The Kier molecular flexibility index (Phi) is 7.61. The van der Waals surface area contributed by atoms with Crippen LogP contribution in [-0.4, -0.2) is 42.6 Å². The molecule has 1 unspecified atom stereocenters. The fourth-order valence-electron chi connectivity index (χ4n) is 2.70. The van der Waals surface area contributed by atoms with E-state index in [2.05, 4.69) is 15.0 Å². The van der Waals surface area contributed by atoms with Gasteiger partial charge < -0.3 is 15.0 Å². The van der Waals surface area contributed by atoms with E-state index >= 15 is 0 Å². The number of pyridine rings is 1. The SMILES string of the molecule is COC(=O)CCCCNC(=O)N(C)C(c1ccccc1)c1ccccn1. The van der Waals surface area contributed by atoms with E-state index in [0.29, 0.717) is 25.8 Å². The molecular weight excluding hydrogens is 330 g/mol. The van der Waals surface area contributed by atoms with Crippen LogP contribution >= 0.6 is 0 Å². The molecule has 0 fully saturated rings. The highest BCUT2D eigenvalue weighted by Crippen LogP contribution is 2.25. The molecule has 6 nitrogen and oxygen atoms in total. The first-order valence-corrected chi connectivity index (χ1v) is 8.67. The van der Waals surface area contributed by atoms with Crippen LogP contribution in [0.15, 0.2) is 54.7 Å². The van der Waals surface area contributed by atoms with Crippen molar-refractivity contribution in [1.82, 2.24) is 15.2 Å². The highest BCUT2D eigenvalue weighted by atomic mass is 16.5. The van der Waals surface area contributed by atoms with Gasteiger partial charge in [0.2, 0.25) is 0 Å². The normalized spacial score (nSPS) is 11.5. The van der Waals surface area contributed by atoms with Gasteiger partial charge in [0.05, 0.1) is 12.8 Å². The number of carbonyl (C=O) groups is 2. The Morgan fingerprint density at radius 2 is 1.85 bits per heavy atom. The fourth-order valence-corrected chi connectivity index (χ4v) is 2.70. The molecular formula is C20H25N3O3. The number of rotatable bonds is 8. The van der Waals surface area contributed by atoms with Gasteiger partial charge in [-0.25, -0.2) is 4.79 Å². The van der Waals surface area contributed by atoms with Crippen molar-refractivity contribution in [2.75, 3.05) is 20.7 Å². The highest BCUT2D eigenvalue weighted by molar-refractivity contribution is 5.75. The molecule has 0 spiro atoms. The average Bonchev–Trinajstić information content (AvgIpc) is 2.69. The van der Waals surface area contributed by atoms with Crippen LogP contribution in [0.2, 0.25) is 0 Å². The number of methoxy groups -OCH3 is 1. The number of hydrogen-bond donors (Lipinski definition) is 1. The Balaban J connectivity index is 1.99. The van der Waals surface area contributed by atoms with E-state index in [0.717, 1.165) is 11.3 Å². The Hall–Kier alpha value is -2.89. The molecule has 2 amide bonds. The molecule has 138 valence electrons. The van der Waals surface area contributed by atoms with Gasteiger partial charge in [-0.05, 0) is 30.5 Å². The van der Waals surface area contributed by atoms with Crippen LogP contribution in [0.25, 0.3) is 0 Å². The van der Waals surface area contributed by atoms with Crippen molar-refractivity contribution < 1.29 is 14.3 Å². The van der Waals surface area contributed by atoms with Crippen LogP contribution in [-0.2, 0) is 9.53 Å². The number of hydrogen-bond acceptors (Lipinski definition) is 4. The van der Waals surface area contributed by atoms with E-state index in [1.54, 1.807) is 18.1 Å². The van der Waals surface area contributed by atoms with Crippen molar-refractivity contribution in [3.8, 4) is 0 Å². The van der Waals surface area contributed by atoms with E-state index in [4.69, 9.17) is 0 Å². The van der Waals surface area contributed by atoms with Crippen molar-refractivity contribution in [3.63, 3.8) is 0 Å². The van der Waals surface area contributed by atoms with E-state index in [-0.39, 0.29) is 18.0 Å². The number of carbonyl (C=O) groups excluding carboxylic acids is 2. The molecule has 0 aliphatic carbocycles. The number of ether oxygens (including phenoxy) is 1. The molecule has 0 bridgehead atoms. The second-order valence-electron chi connectivity index (χ2n) is 5.94. The number of urea groups is 1. The van der Waals surface area contributed by atoms with Crippen LogP contribution in [0.3, 0.4) is 0 Å². The third kappa shape index (κ3) is 5.58. The summed E-state index contributed by atoms with van der Waals surface area (Å²) in [6, 6.07) is 15.0. The number of benzene rings is 1. The van der Waals surface area contributed by atoms with Gasteiger partial charge in [0, 0.05) is 26.2 Å². The molecule has 2 aromatic rings. The summed E-state index contributed by atoms with van der Waals surface area (Å²) < 4.78 is 4.60. The van der Waals surface area contributed by atoms with Gasteiger partial charge >= 0.3 is 12.0 Å². The minimum Gasteiger partial charge on any atom is -0.469 e. The van der Waals surface area contributed by atoms with Crippen LogP contribution in [0.1, 0.15) is 36.6 Å². The van der Waals surface area contributed by atoms with Crippen LogP contribution in [0, 0.1) is 0 Å². The van der Waals surface area contributed by atoms with Crippen LogP contribution in [0.5, 0.6) is 0 Å². The number of esters is 1. The van der Waals surface area contributed by atoms with Gasteiger partial charge in [-0.15, -0.1) is 0 Å². The molecule has 6 heteroatoms. The third-order valence-corrected chi connectivity index (χ3v) is 4.10. The molecule has 1 N–H and O–H groups in total. The lowest BCUT2D eigenvalue weighted by molar-refractivity contribution is -0.140. The Bertz CT molecular complexity index is 652. The first-order valence-electron chi connectivity index (χ1n) is 8.67. The van der Waals surface area contributed by atoms with Gasteiger partial charge in [-0.1, -0.05) is 36.4 Å². The lowest BCUT2D eigenvalue weighted by Crippen LogP contribution is -2.40. The van der Waals surface area contributed by atoms with E-state index in [1.165, 1.54) is 7.11 Å². The third-order valence-electron chi connectivity index (χ3n) is 4.10. The molecule has 2 rings (SSSR count). The topological polar surface area (TPSA) is 71.5 Å². The smallest absolute Gasteiger partial charge is 0.317 e. The molecule has 1 atom stereocenters. The summed E-state index contributed by atoms with van der Waals surface area (Å²) in [5, 5.41) is 2.90. The second kappa shape index (κ2) is 10.2. The second-order valence-corrected chi connectivity index (χ2v) is 5.94. The van der Waals surface area contributed by atoms with Crippen molar-refractivity contribution >= 4 is 12.0 Å². The maximum absolute atomic E-state index is 12.6. The standard InChI is InChI=1S/C20H25N3O3/c1-23(20(25)22-15-9-7-13-18(24)26-2)19(16-10-4-3-5-11-16)17-12-6-8-14-21-17/h3-6,8,10-12,14,19H,7,9,13,15H2,1-2H3,(H,22,25). The summed E-state index contributed by atoms with van der Waals surface area (Å²) >= 11 is 0. The zero-order valence-electron chi connectivity index (χ0n) is 15.2. The summed E-state index contributed by atoms with van der Waals surface area (Å²) in [7, 11) is 3.14. The van der Waals surface area contributed by atoms with Crippen molar-refractivity contribution in [1.29, 1.82) is 0 Å². The van der Waals surface area contributed by atoms with Gasteiger partial charge in [-0.3, -0.25) is 9.78 Å². The minimum atomic E-state index is -0.271. The van der Waals surface area contributed by atoms with E-state index < -0.39 is 0 Å². The lowest BCUT2D eigenvalue weighted by atomic mass is 10.0. The number of aromatic nitrogens is 1. The number of unbranched alkanes of at least 4 members (excludes halogenated alkanes) is 1. The highest BCUT2D eigenvalue weighted by Gasteiger charge is 2.24. The summed E-state index contributed by atoms with van der Waals surface area (Å²) in [6.07, 6.45) is 3.49. The number of amides is 2. The lowest BCUT2D eigenvalue weighted by Gasteiger charge is -2.28. The maximum atomic E-state index is 12.6. The summed E-state index contributed by atoms with van der Waals surface area (Å²) in [4.78, 5) is 29.8. The quantitative estimate of drug-likeness (QED) is 0.583. The minimum absolute atomic E-state index is 0.178. The van der Waals surface area contributed by atoms with Crippen LogP contribution in [0.4, 0.5) is 4.79 Å². The van der Waals surface area contributed by atoms with E-state index in [9.17, 15) is 9.59 Å². The maximum Gasteiger partial charge on any atom is 0.317 e. The first-order chi connectivity index (χ1) is 12.6. The van der Waals surface area contributed by atoms with Crippen molar-refractivity contribution in [3.05, 3.63) is 66.0 Å². The van der Waals surface area contributed by atoms with Gasteiger partial charge in [-0.2, -0.15) is 0 Å². The van der Waals surface area contributed by atoms with Crippen molar-refractivity contribution in [2.24, 2.45) is 0 Å². The molecule has 26 heavy (non-hydrogen) atoms. The molecule has 0 saturated carbocycles. The predicted octanol–water partition coefficient (Wildman–Crippen LogP) is 3.16. The number of nitrogens with one attached hydrogen (secondary N) is 1. The molecule has 1 aromatic carbocycles. The molecule has 1 aromatic heterocycles. The van der Waals surface area contributed by atoms with E-state index in [1.807, 2.05) is 48.5 Å². The Morgan fingerprint density at radius 3 is 2.50 bits per heavy atom. The summed E-state index contributed by atoms with van der Waals surface area (Å²) in [6.45, 7) is 0.504. The van der Waals surface area contributed by atoms with Crippen molar-refractivity contribution in [2.45, 2.75) is 25.3 Å². The number of nitrogens with zero attached hydrogens (tertiary/aromatic N) is 2. The fraction of sp³-hybridized carbons (Fsp3) is 0.350. The zero-order valence-corrected chi connectivity index (χ0v) is 15.2. The van der Waals surface area contributed by atoms with Gasteiger partial charge in [0.1, 0.15) is 6.04 Å². The molecule has 0 saturated heterocycles. The first kappa shape index (κ1) is 19.4. The Labute approximate surface area is 154 Å². The monoisotopic (exact) mass is 355 g/mol. The molecule has 1 heterocycles. The molecule has 0 aliphatic rings.